The third-order valence-electron chi connectivity index (χ3n) is 12.0. The fourth-order valence-corrected chi connectivity index (χ4v) is 10.3. The van der Waals surface area contributed by atoms with Crippen molar-refractivity contribution in [2.24, 2.45) is 46.3 Å². The minimum Gasteiger partial charge on any atom is -0.393 e. The third-order valence-corrected chi connectivity index (χ3v) is 12.0. The molecule has 3 N–H and O–H groups in total. The van der Waals surface area contributed by atoms with Gasteiger partial charge in [-0.1, -0.05) is 20.8 Å². The van der Waals surface area contributed by atoms with Gasteiger partial charge < -0.3 is 24.8 Å². The molecular formula is C27H44O5. The lowest BCUT2D eigenvalue weighted by molar-refractivity contribution is -0.294. The van der Waals surface area contributed by atoms with E-state index in [2.05, 4.69) is 20.8 Å². The van der Waals surface area contributed by atoms with Crippen LogP contribution in [0.5, 0.6) is 0 Å². The summed E-state index contributed by atoms with van der Waals surface area (Å²) >= 11 is 0. The maximum Gasteiger partial charge on any atom is 0.171 e. The molecule has 0 aromatic heterocycles. The monoisotopic (exact) mass is 448 g/mol. The predicted molar refractivity (Wildman–Crippen MR) is 121 cm³/mol. The first-order chi connectivity index (χ1) is 15.0. The molecule has 6 aliphatic rings. The Hall–Kier alpha value is -0.200. The van der Waals surface area contributed by atoms with Crippen LogP contribution in [0.4, 0.5) is 0 Å². The maximum atomic E-state index is 11.2. The molecule has 182 valence electrons. The summed E-state index contributed by atoms with van der Waals surface area (Å²) in [5.74, 6) is 2.67. The van der Waals surface area contributed by atoms with E-state index in [1.165, 1.54) is 19.3 Å². The van der Waals surface area contributed by atoms with Crippen LogP contribution in [0, 0.1) is 46.3 Å². The van der Waals surface area contributed by atoms with Crippen LogP contribution in [0.2, 0.25) is 0 Å². The molecule has 2 heterocycles. The van der Waals surface area contributed by atoms with E-state index in [4.69, 9.17) is 9.47 Å². The lowest BCUT2D eigenvalue weighted by atomic mass is 9.43. The van der Waals surface area contributed by atoms with Crippen LogP contribution in [-0.4, -0.2) is 51.6 Å². The third kappa shape index (κ3) is 2.81. The van der Waals surface area contributed by atoms with Gasteiger partial charge in [-0.25, -0.2) is 0 Å². The number of aliphatic hydroxyl groups is 3. The number of hydrogen-bond donors (Lipinski definition) is 3. The van der Waals surface area contributed by atoms with Gasteiger partial charge in [-0.3, -0.25) is 0 Å². The Balaban J connectivity index is 1.26. The lowest BCUT2D eigenvalue weighted by Gasteiger charge is -2.62. The van der Waals surface area contributed by atoms with Gasteiger partial charge in [0.05, 0.1) is 30.5 Å². The summed E-state index contributed by atoms with van der Waals surface area (Å²) in [6.45, 7) is 9.46. The summed E-state index contributed by atoms with van der Waals surface area (Å²) in [6, 6.07) is 0. The molecule has 13 atom stereocenters. The van der Waals surface area contributed by atoms with Gasteiger partial charge in [0.1, 0.15) is 0 Å². The molecule has 5 nitrogen and oxygen atoms in total. The zero-order valence-electron chi connectivity index (χ0n) is 20.4. The van der Waals surface area contributed by atoms with E-state index < -0.39 is 11.4 Å². The predicted octanol–water partition coefficient (Wildman–Crippen LogP) is 3.88. The second kappa shape index (κ2) is 6.94. The molecule has 4 aliphatic carbocycles. The van der Waals surface area contributed by atoms with E-state index >= 15 is 0 Å². The molecule has 5 heteroatoms. The molecule has 2 saturated heterocycles. The Morgan fingerprint density at radius 1 is 0.875 bits per heavy atom. The van der Waals surface area contributed by atoms with Crippen LogP contribution in [0.15, 0.2) is 0 Å². The van der Waals surface area contributed by atoms with E-state index in [0.29, 0.717) is 48.5 Å². The van der Waals surface area contributed by atoms with Crippen LogP contribution < -0.4 is 0 Å². The molecule has 0 aromatic carbocycles. The van der Waals surface area contributed by atoms with E-state index in [0.717, 1.165) is 32.1 Å². The Labute approximate surface area is 193 Å². The van der Waals surface area contributed by atoms with Gasteiger partial charge in [-0.15, -0.1) is 0 Å². The van der Waals surface area contributed by atoms with E-state index in [-0.39, 0.29) is 29.1 Å². The smallest absolute Gasteiger partial charge is 0.171 e. The van der Waals surface area contributed by atoms with Gasteiger partial charge in [-0.05, 0) is 98.7 Å². The van der Waals surface area contributed by atoms with E-state index in [1.54, 1.807) is 0 Å². The molecule has 0 amide bonds. The average Bonchev–Trinajstić information content (AvgIpc) is 3.17. The number of aliphatic hydroxyl groups excluding tert-OH is 2. The maximum absolute atomic E-state index is 11.2. The fourth-order valence-electron chi connectivity index (χ4n) is 10.3. The van der Waals surface area contributed by atoms with Gasteiger partial charge in [0, 0.05) is 12.3 Å². The highest BCUT2D eigenvalue weighted by atomic mass is 16.7. The average molecular weight is 449 g/mol. The summed E-state index contributed by atoms with van der Waals surface area (Å²) < 4.78 is 13.1. The second-order valence-electron chi connectivity index (χ2n) is 13.5. The van der Waals surface area contributed by atoms with Crippen molar-refractivity contribution in [3.05, 3.63) is 0 Å². The van der Waals surface area contributed by atoms with Gasteiger partial charge in [0.25, 0.3) is 0 Å². The first kappa shape index (κ1) is 22.3. The van der Waals surface area contributed by atoms with E-state index in [9.17, 15) is 15.3 Å². The van der Waals surface area contributed by atoms with Crippen molar-refractivity contribution in [2.75, 3.05) is 6.61 Å². The van der Waals surface area contributed by atoms with Crippen molar-refractivity contribution < 1.29 is 24.8 Å². The number of rotatable bonds is 0. The minimum absolute atomic E-state index is 0.0487. The van der Waals surface area contributed by atoms with Crippen LogP contribution in [0.3, 0.4) is 0 Å². The van der Waals surface area contributed by atoms with Crippen molar-refractivity contribution in [1.29, 1.82) is 0 Å². The molecule has 2 aliphatic heterocycles. The minimum atomic E-state index is -0.737. The van der Waals surface area contributed by atoms with E-state index in [1.807, 2.05) is 6.92 Å². The largest absolute Gasteiger partial charge is 0.393 e. The Morgan fingerprint density at radius 3 is 2.38 bits per heavy atom. The molecule has 4 saturated carbocycles. The zero-order valence-corrected chi connectivity index (χ0v) is 20.4. The highest BCUT2D eigenvalue weighted by Crippen LogP contribution is 2.71. The van der Waals surface area contributed by atoms with Crippen LogP contribution in [-0.2, 0) is 9.47 Å². The summed E-state index contributed by atoms with van der Waals surface area (Å²) in [5.41, 5.74) is -0.521. The summed E-state index contributed by atoms with van der Waals surface area (Å²) in [7, 11) is 0. The number of ether oxygens (including phenoxy) is 2. The zero-order chi connectivity index (χ0) is 22.7. The molecule has 0 radical (unpaired) electrons. The summed E-state index contributed by atoms with van der Waals surface area (Å²) in [6.07, 6.45) is 8.39. The normalized spacial score (nSPS) is 64.0. The molecule has 0 aromatic rings. The molecule has 6 fully saturated rings. The second-order valence-corrected chi connectivity index (χ2v) is 13.5. The highest BCUT2D eigenvalue weighted by Gasteiger charge is 2.70. The first-order valence-electron chi connectivity index (χ1n) is 13.4. The Kier molecular flexibility index (Phi) is 4.83. The molecule has 0 bridgehead atoms. The van der Waals surface area contributed by atoms with Crippen LogP contribution in [0.25, 0.3) is 0 Å². The molecule has 6 rings (SSSR count). The summed E-state index contributed by atoms with van der Waals surface area (Å²) in [4.78, 5) is 0. The quantitative estimate of drug-likeness (QED) is 0.524. The van der Waals surface area contributed by atoms with Crippen molar-refractivity contribution in [3.63, 3.8) is 0 Å². The van der Waals surface area contributed by atoms with Crippen molar-refractivity contribution in [1.82, 2.24) is 0 Å². The molecule has 32 heavy (non-hydrogen) atoms. The Bertz CT molecular complexity index is 757. The van der Waals surface area contributed by atoms with Crippen molar-refractivity contribution >= 4 is 0 Å². The van der Waals surface area contributed by atoms with Crippen molar-refractivity contribution in [2.45, 2.75) is 115 Å². The van der Waals surface area contributed by atoms with Crippen LogP contribution >= 0.6 is 0 Å². The van der Waals surface area contributed by atoms with Crippen molar-refractivity contribution in [3.8, 4) is 0 Å². The van der Waals surface area contributed by atoms with Crippen LogP contribution in [0.1, 0.15) is 85.5 Å². The van der Waals surface area contributed by atoms with Gasteiger partial charge in [0.15, 0.2) is 5.79 Å². The number of hydrogen-bond acceptors (Lipinski definition) is 5. The molecule has 0 unspecified atom stereocenters. The molecule has 1 spiro atoms. The SMILES string of the molecule is C[C@H]1[C@H]2[C@H](C[C@@H]3[C@H]4CC[C@@H]5C[C@@H](O)C[C@@H](O)[C@]5(C)[C@H]4CC[C@]23C)O[C@]12CC[C@@](C)(O)CO2. The van der Waals surface area contributed by atoms with Gasteiger partial charge in [-0.2, -0.15) is 0 Å². The Morgan fingerprint density at radius 2 is 1.66 bits per heavy atom. The standard InChI is InChI=1S/C27H44O5/c1-15-23-21(32-27(15)10-9-24(2,30)14-31-27)13-20-18-6-5-16-11-17(28)12-22(29)26(16,4)19(18)7-8-25(20,23)3/h15-23,28-30H,5-14H2,1-4H3/t15-,16+,17+,18-,19-,20+,21-,22+,23-,24+,25-,26-,27+/m0/s1. The van der Waals surface area contributed by atoms with Gasteiger partial charge in [0.2, 0.25) is 0 Å². The first-order valence-corrected chi connectivity index (χ1v) is 13.4. The lowest BCUT2D eigenvalue weighted by Crippen LogP contribution is -2.59. The summed E-state index contributed by atoms with van der Waals surface area (Å²) in [5, 5.41) is 31.9. The highest BCUT2D eigenvalue weighted by molar-refractivity contribution is 5.16. The van der Waals surface area contributed by atoms with Gasteiger partial charge >= 0.3 is 0 Å². The topological polar surface area (TPSA) is 79.2 Å². The number of fused-ring (bicyclic) bond motifs is 7. The fraction of sp³-hybridized carbons (Fsp3) is 1.00. The molecular weight excluding hydrogens is 404 g/mol.